The monoisotopic (exact) mass is 320 g/mol. The molecule has 1 atom stereocenters. The molecule has 24 heavy (non-hydrogen) atoms. The van der Waals surface area contributed by atoms with E-state index in [0.717, 1.165) is 17.1 Å². The molecule has 5 nitrogen and oxygen atoms in total. The van der Waals surface area contributed by atoms with Crippen LogP contribution in [0.5, 0.6) is 0 Å². The van der Waals surface area contributed by atoms with Crippen molar-refractivity contribution in [3.05, 3.63) is 70.8 Å². The smallest absolute Gasteiger partial charge is 0.266 e. The molecular formula is C19H16N2O3. The van der Waals surface area contributed by atoms with E-state index in [1.807, 2.05) is 19.1 Å². The minimum absolute atomic E-state index is 0.121. The predicted molar refractivity (Wildman–Crippen MR) is 87.6 cm³/mol. The Balaban J connectivity index is 1.75. The fraction of sp³-hybridized carbons (Fsp3) is 0.211. The van der Waals surface area contributed by atoms with Crippen molar-refractivity contribution in [1.29, 1.82) is 5.26 Å². The van der Waals surface area contributed by atoms with Gasteiger partial charge in [-0.1, -0.05) is 31.2 Å². The number of benzene rings is 1. The minimum atomic E-state index is -0.442. The van der Waals surface area contributed by atoms with Gasteiger partial charge in [-0.2, -0.15) is 5.26 Å². The average molecular weight is 320 g/mol. The molecule has 0 radical (unpaired) electrons. The molecule has 2 amide bonds. The van der Waals surface area contributed by atoms with Crippen LogP contribution in [-0.2, 0) is 4.84 Å². The SMILES string of the molecule is CC1C/C=C/C(C#N)=C\C=C1CON1C(=O)c2ccccc2C1=O. The lowest BCUT2D eigenvalue weighted by atomic mass is 9.95. The van der Waals surface area contributed by atoms with Crippen LogP contribution >= 0.6 is 0 Å². The van der Waals surface area contributed by atoms with E-state index in [2.05, 4.69) is 6.07 Å². The molecule has 0 aromatic heterocycles. The van der Waals surface area contributed by atoms with E-state index in [0.29, 0.717) is 16.7 Å². The van der Waals surface area contributed by atoms with Crippen molar-refractivity contribution in [2.75, 3.05) is 6.61 Å². The molecule has 1 aromatic rings. The maximum absolute atomic E-state index is 12.3. The summed E-state index contributed by atoms with van der Waals surface area (Å²) in [5, 5.41) is 9.83. The van der Waals surface area contributed by atoms with E-state index in [4.69, 9.17) is 10.1 Å². The minimum Gasteiger partial charge on any atom is -0.266 e. The van der Waals surface area contributed by atoms with E-state index >= 15 is 0 Å². The zero-order chi connectivity index (χ0) is 17.1. The third-order valence-corrected chi connectivity index (χ3v) is 4.14. The first-order valence-corrected chi connectivity index (χ1v) is 7.70. The Morgan fingerprint density at radius 2 is 1.88 bits per heavy atom. The van der Waals surface area contributed by atoms with Crippen LogP contribution in [0.25, 0.3) is 0 Å². The van der Waals surface area contributed by atoms with Crippen LogP contribution in [0.2, 0.25) is 0 Å². The molecule has 1 heterocycles. The molecule has 1 aromatic carbocycles. The number of allylic oxidation sites excluding steroid dienone is 5. The highest BCUT2D eigenvalue weighted by Crippen LogP contribution is 2.25. The van der Waals surface area contributed by atoms with Crippen molar-refractivity contribution in [2.24, 2.45) is 5.92 Å². The van der Waals surface area contributed by atoms with Gasteiger partial charge < -0.3 is 0 Å². The Kier molecular flexibility index (Phi) is 4.41. The zero-order valence-electron chi connectivity index (χ0n) is 13.2. The van der Waals surface area contributed by atoms with E-state index in [1.54, 1.807) is 36.4 Å². The quantitative estimate of drug-likeness (QED) is 0.802. The van der Waals surface area contributed by atoms with Gasteiger partial charge >= 0.3 is 0 Å². The van der Waals surface area contributed by atoms with Gasteiger partial charge in [0, 0.05) is 0 Å². The molecule has 1 aliphatic heterocycles. The first-order valence-electron chi connectivity index (χ1n) is 7.70. The Bertz CT molecular complexity index is 792. The van der Waals surface area contributed by atoms with E-state index < -0.39 is 11.8 Å². The van der Waals surface area contributed by atoms with Crippen LogP contribution in [0.4, 0.5) is 0 Å². The van der Waals surface area contributed by atoms with E-state index in [1.165, 1.54) is 0 Å². The number of carbonyl (C=O) groups is 2. The third-order valence-electron chi connectivity index (χ3n) is 4.14. The van der Waals surface area contributed by atoms with Crippen LogP contribution in [0, 0.1) is 17.2 Å². The second-order valence-electron chi connectivity index (χ2n) is 5.74. The summed E-state index contributed by atoms with van der Waals surface area (Å²) < 4.78 is 0. The average Bonchev–Trinajstić information content (AvgIpc) is 2.83. The van der Waals surface area contributed by atoms with Crippen molar-refractivity contribution >= 4 is 11.8 Å². The molecule has 0 fully saturated rings. The fourth-order valence-electron chi connectivity index (χ4n) is 2.66. The number of carbonyl (C=O) groups excluding carboxylic acids is 2. The van der Waals surface area contributed by atoms with Gasteiger partial charge in [0.15, 0.2) is 0 Å². The first kappa shape index (κ1) is 15.9. The van der Waals surface area contributed by atoms with Crippen molar-refractivity contribution in [1.82, 2.24) is 5.06 Å². The molecule has 0 bridgehead atoms. The zero-order valence-corrected chi connectivity index (χ0v) is 13.2. The van der Waals surface area contributed by atoms with Crippen LogP contribution in [-0.4, -0.2) is 23.5 Å². The topological polar surface area (TPSA) is 70.4 Å². The highest BCUT2D eigenvalue weighted by molar-refractivity contribution is 6.20. The maximum atomic E-state index is 12.3. The summed E-state index contributed by atoms with van der Waals surface area (Å²) in [5.74, 6) is -0.696. The second kappa shape index (κ2) is 6.65. The Labute approximate surface area is 140 Å². The van der Waals surface area contributed by atoms with Crippen molar-refractivity contribution < 1.29 is 14.4 Å². The number of imide groups is 1. The van der Waals surface area contributed by atoms with Crippen LogP contribution in [0.3, 0.4) is 0 Å². The number of rotatable bonds is 3. The molecule has 1 aliphatic carbocycles. The lowest BCUT2D eigenvalue weighted by Gasteiger charge is -2.19. The highest BCUT2D eigenvalue weighted by atomic mass is 16.7. The summed E-state index contributed by atoms with van der Waals surface area (Å²) >= 11 is 0. The summed E-state index contributed by atoms with van der Waals surface area (Å²) in [5.41, 5.74) is 2.19. The van der Waals surface area contributed by atoms with E-state index in [9.17, 15) is 9.59 Å². The van der Waals surface area contributed by atoms with Gasteiger partial charge in [0.2, 0.25) is 0 Å². The van der Waals surface area contributed by atoms with Gasteiger partial charge in [0.05, 0.1) is 29.4 Å². The number of fused-ring (bicyclic) bond motifs is 1. The normalized spacial score (nSPS) is 23.5. The van der Waals surface area contributed by atoms with Gasteiger partial charge in [-0.25, -0.2) is 0 Å². The first-order chi connectivity index (χ1) is 11.6. The molecular weight excluding hydrogens is 304 g/mol. The van der Waals surface area contributed by atoms with Crippen molar-refractivity contribution in [3.8, 4) is 6.07 Å². The molecule has 120 valence electrons. The van der Waals surface area contributed by atoms with Crippen LogP contribution in [0.1, 0.15) is 34.1 Å². The molecule has 1 unspecified atom stereocenters. The molecule has 2 aliphatic rings. The van der Waals surface area contributed by atoms with Gasteiger partial charge in [0.1, 0.15) is 0 Å². The lowest BCUT2D eigenvalue weighted by Crippen LogP contribution is -2.31. The number of hydroxylamine groups is 2. The number of nitrogens with zero attached hydrogens (tertiary/aromatic N) is 2. The fourth-order valence-corrected chi connectivity index (χ4v) is 2.66. The maximum Gasteiger partial charge on any atom is 0.285 e. The summed E-state index contributed by atoms with van der Waals surface area (Å²) in [6, 6.07) is 8.76. The summed E-state index contributed by atoms with van der Waals surface area (Å²) in [6.45, 7) is 2.16. The van der Waals surface area contributed by atoms with Crippen LogP contribution < -0.4 is 0 Å². The van der Waals surface area contributed by atoms with Crippen molar-refractivity contribution in [3.63, 3.8) is 0 Å². The summed E-state index contributed by atoms with van der Waals surface area (Å²) in [4.78, 5) is 30.1. The van der Waals surface area contributed by atoms with Crippen LogP contribution in [0.15, 0.2) is 59.7 Å². The molecule has 5 heteroatoms. The largest absolute Gasteiger partial charge is 0.285 e. The summed E-state index contributed by atoms with van der Waals surface area (Å²) in [6.07, 6.45) is 8.03. The van der Waals surface area contributed by atoms with Gasteiger partial charge in [0.25, 0.3) is 11.8 Å². The number of hydrogen-bond acceptors (Lipinski definition) is 4. The van der Waals surface area contributed by atoms with Gasteiger partial charge in [-0.05, 0) is 42.2 Å². The van der Waals surface area contributed by atoms with E-state index in [-0.39, 0.29) is 12.5 Å². The highest BCUT2D eigenvalue weighted by Gasteiger charge is 2.36. The Morgan fingerprint density at radius 3 is 2.50 bits per heavy atom. The van der Waals surface area contributed by atoms with Crippen molar-refractivity contribution in [2.45, 2.75) is 13.3 Å². The Hall–Kier alpha value is -2.97. The summed E-state index contributed by atoms with van der Waals surface area (Å²) in [7, 11) is 0. The molecule has 0 saturated heterocycles. The molecule has 0 spiro atoms. The van der Waals surface area contributed by atoms with Gasteiger partial charge in [-0.15, -0.1) is 5.06 Å². The number of hydrogen-bond donors (Lipinski definition) is 0. The molecule has 3 rings (SSSR count). The van der Waals surface area contributed by atoms with Gasteiger partial charge in [-0.3, -0.25) is 14.4 Å². The number of amides is 2. The molecule has 0 N–H and O–H groups in total. The molecule has 0 saturated carbocycles. The third kappa shape index (κ3) is 2.92. The number of nitriles is 1. The standard InChI is InChI=1S/C19H16N2O3/c1-13-5-4-6-14(11-20)9-10-15(13)12-24-21-18(22)16-7-2-3-8-17(16)19(21)23/h2-4,6-10,13H,5,12H2,1H3/b6-4+,14-9+,15-10?. The second-order valence-corrected chi connectivity index (χ2v) is 5.74. The predicted octanol–water partition coefficient (Wildman–Crippen LogP) is 3.19. The lowest BCUT2D eigenvalue weighted by molar-refractivity contribution is -0.0839. The Morgan fingerprint density at radius 1 is 1.21 bits per heavy atom.